The number of rotatable bonds is 6. The van der Waals surface area contributed by atoms with E-state index < -0.39 is 18.2 Å². The molecule has 0 saturated carbocycles. The largest absolute Gasteiger partial charge is 0.455 e. The van der Waals surface area contributed by atoms with E-state index in [1.165, 1.54) is 18.3 Å². The van der Waals surface area contributed by atoms with Crippen molar-refractivity contribution in [2.45, 2.75) is 39.0 Å². The van der Waals surface area contributed by atoms with Gasteiger partial charge in [0.1, 0.15) is 22.9 Å². The Bertz CT molecular complexity index is 1030. The average molecular weight is 418 g/mol. The first-order valence-electron chi connectivity index (χ1n) is 9.13. The van der Waals surface area contributed by atoms with Crippen molar-refractivity contribution in [3.05, 3.63) is 65.9 Å². The lowest BCUT2D eigenvalue weighted by Crippen LogP contribution is -2.17. The molecule has 0 amide bonds. The molecule has 3 aromatic heterocycles. The molecule has 0 radical (unpaired) electrons. The highest BCUT2D eigenvalue weighted by atomic mass is 19.4. The van der Waals surface area contributed by atoms with Gasteiger partial charge in [0.25, 0.3) is 0 Å². The molecule has 0 fully saturated rings. The predicted molar refractivity (Wildman–Crippen MR) is 106 cm³/mol. The lowest BCUT2D eigenvalue weighted by atomic mass is 10.0. The highest BCUT2D eigenvalue weighted by Crippen LogP contribution is 2.31. The van der Waals surface area contributed by atoms with Crippen molar-refractivity contribution in [1.82, 2.24) is 15.0 Å². The van der Waals surface area contributed by atoms with Gasteiger partial charge in [0.15, 0.2) is 0 Å². The smallest absolute Gasteiger partial charge is 0.394 e. The Morgan fingerprint density at radius 2 is 1.77 bits per heavy atom. The molecule has 3 heterocycles. The molecular weight excluding hydrogens is 397 g/mol. The van der Waals surface area contributed by atoms with E-state index in [9.17, 15) is 18.3 Å². The first kappa shape index (κ1) is 21.5. The number of aromatic nitrogens is 3. The summed E-state index contributed by atoms with van der Waals surface area (Å²) in [6.45, 7) is 4.87. The van der Waals surface area contributed by atoms with Crippen molar-refractivity contribution >= 4 is 11.5 Å². The zero-order chi connectivity index (χ0) is 21.9. The lowest BCUT2D eigenvalue weighted by molar-refractivity contribution is -0.128. The first-order valence-corrected chi connectivity index (χ1v) is 9.13. The van der Waals surface area contributed by atoms with E-state index in [2.05, 4.69) is 20.3 Å². The lowest BCUT2D eigenvalue weighted by Gasteiger charge is -2.17. The van der Waals surface area contributed by atoms with Crippen LogP contribution in [0.25, 0.3) is 0 Å². The number of nitrogens with zero attached hydrogens (tertiary/aromatic N) is 3. The van der Waals surface area contributed by atoms with Gasteiger partial charge in [-0.15, -0.1) is 0 Å². The van der Waals surface area contributed by atoms with Crippen LogP contribution in [0.2, 0.25) is 0 Å². The van der Waals surface area contributed by atoms with Gasteiger partial charge in [0, 0.05) is 29.8 Å². The summed E-state index contributed by atoms with van der Waals surface area (Å²) in [5.74, 6) is 0.750. The maximum Gasteiger partial charge on any atom is 0.394 e. The van der Waals surface area contributed by atoms with Gasteiger partial charge in [-0.25, -0.2) is 4.98 Å². The fraction of sp³-hybridized carbons (Fsp3) is 0.286. The first-order chi connectivity index (χ1) is 14.0. The third-order valence-corrected chi connectivity index (χ3v) is 4.06. The van der Waals surface area contributed by atoms with E-state index in [1.807, 2.05) is 0 Å². The summed E-state index contributed by atoms with van der Waals surface area (Å²) < 4.78 is 44.3. The highest BCUT2D eigenvalue weighted by molar-refractivity contribution is 5.58. The van der Waals surface area contributed by atoms with Crippen LogP contribution >= 0.6 is 0 Å². The molecule has 0 aliphatic heterocycles. The fourth-order valence-corrected chi connectivity index (χ4v) is 2.67. The number of halogens is 3. The number of ether oxygens (including phenoxy) is 1. The monoisotopic (exact) mass is 418 g/mol. The van der Waals surface area contributed by atoms with Gasteiger partial charge in [-0.05, 0) is 51.1 Å². The Morgan fingerprint density at radius 3 is 2.47 bits per heavy atom. The minimum atomic E-state index is -4.40. The minimum absolute atomic E-state index is 0.0308. The Labute approximate surface area is 171 Å². The van der Waals surface area contributed by atoms with Crippen molar-refractivity contribution in [2.75, 3.05) is 5.32 Å². The van der Waals surface area contributed by atoms with Crippen molar-refractivity contribution in [3.63, 3.8) is 0 Å². The van der Waals surface area contributed by atoms with Gasteiger partial charge in [0.05, 0.1) is 17.8 Å². The van der Waals surface area contributed by atoms with Crippen LogP contribution in [0, 0.1) is 6.92 Å². The quantitative estimate of drug-likeness (QED) is 0.583. The molecule has 158 valence electrons. The van der Waals surface area contributed by atoms with Gasteiger partial charge < -0.3 is 15.2 Å². The van der Waals surface area contributed by atoms with Crippen LogP contribution < -0.4 is 10.1 Å². The summed E-state index contributed by atoms with van der Waals surface area (Å²) in [5.41, 5.74) is 0.296. The summed E-state index contributed by atoms with van der Waals surface area (Å²) in [4.78, 5) is 12.3. The molecule has 0 aliphatic carbocycles. The normalized spacial score (nSPS) is 12.0. The predicted octanol–water partition coefficient (Wildman–Crippen LogP) is 5.05. The maximum absolute atomic E-state index is 12.9. The fourth-order valence-electron chi connectivity index (χ4n) is 2.67. The Hall–Kier alpha value is -3.20. The van der Waals surface area contributed by atoms with E-state index in [1.54, 1.807) is 51.2 Å². The molecule has 2 N–H and O–H groups in total. The second-order valence-electron chi connectivity index (χ2n) is 7.28. The molecule has 3 rings (SSSR count). The van der Waals surface area contributed by atoms with Crippen LogP contribution in [0.4, 0.5) is 24.7 Å². The van der Waals surface area contributed by atoms with E-state index in [0.717, 1.165) is 0 Å². The number of nitrogens with one attached hydrogen (secondary N) is 1. The van der Waals surface area contributed by atoms with E-state index in [0.29, 0.717) is 28.6 Å². The second-order valence-corrected chi connectivity index (χ2v) is 7.28. The van der Waals surface area contributed by atoms with Crippen LogP contribution in [0.1, 0.15) is 30.9 Å². The Balaban J connectivity index is 1.82. The summed E-state index contributed by atoms with van der Waals surface area (Å²) >= 11 is 0. The molecule has 0 saturated heterocycles. The average Bonchev–Trinajstić information content (AvgIpc) is 2.63. The molecule has 0 bridgehead atoms. The highest BCUT2D eigenvalue weighted by Gasteiger charge is 2.30. The van der Waals surface area contributed by atoms with Crippen LogP contribution in [0.3, 0.4) is 0 Å². The molecule has 0 spiro atoms. The molecule has 9 heteroatoms. The standard InChI is InChI=1S/C21H21F3N4O2/c1-13-4-5-17(16(27-13)12-21(22,23)24)30-15-7-9-26-19(11-15)28-14-6-8-25-18(10-14)20(2,3)29/h4-11,29H,12H2,1-3H3,(H,25,26,28). The number of aliphatic hydroxyl groups is 1. The summed E-state index contributed by atoms with van der Waals surface area (Å²) in [6, 6.07) is 9.54. The molecule has 0 unspecified atom stereocenters. The second kappa shape index (κ2) is 8.27. The molecule has 0 atom stereocenters. The van der Waals surface area contributed by atoms with Crippen LogP contribution in [-0.2, 0) is 12.0 Å². The molecular formula is C21H21F3N4O2. The summed E-state index contributed by atoms with van der Waals surface area (Å²) in [6.07, 6.45) is -2.56. The van der Waals surface area contributed by atoms with Gasteiger partial charge in [-0.1, -0.05) is 0 Å². The van der Waals surface area contributed by atoms with Gasteiger partial charge in [-0.2, -0.15) is 13.2 Å². The molecule has 0 aromatic carbocycles. The number of hydrogen-bond acceptors (Lipinski definition) is 6. The van der Waals surface area contributed by atoms with Crippen molar-refractivity contribution in [1.29, 1.82) is 0 Å². The third kappa shape index (κ3) is 5.90. The SMILES string of the molecule is Cc1ccc(Oc2ccnc(Nc3ccnc(C(C)(C)O)c3)c2)c(CC(F)(F)F)n1. The summed E-state index contributed by atoms with van der Waals surface area (Å²) in [5, 5.41) is 13.2. The van der Waals surface area contributed by atoms with Crippen LogP contribution in [0.15, 0.2) is 48.8 Å². The summed E-state index contributed by atoms with van der Waals surface area (Å²) in [7, 11) is 0. The van der Waals surface area contributed by atoms with Gasteiger partial charge >= 0.3 is 6.18 Å². The minimum Gasteiger partial charge on any atom is -0.455 e. The number of anilines is 2. The molecule has 30 heavy (non-hydrogen) atoms. The topological polar surface area (TPSA) is 80.2 Å². The van der Waals surface area contributed by atoms with Gasteiger partial charge in [-0.3, -0.25) is 9.97 Å². The molecule has 0 aliphatic rings. The maximum atomic E-state index is 12.9. The van der Waals surface area contributed by atoms with E-state index >= 15 is 0 Å². The third-order valence-electron chi connectivity index (χ3n) is 4.06. The zero-order valence-electron chi connectivity index (χ0n) is 16.7. The number of hydrogen-bond donors (Lipinski definition) is 2. The zero-order valence-corrected chi connectivity index (χ0v) is 16.7. The van der Waals surface area contributed by atoms with Crippen molar-refractivity contribution in [3.8, 4) is 11.5 Å². The van der Waals surface area contributed by atoms with Crippen molar-refractivity contribution < 1.29 is 23.0 Å². The Kier molecular flexibility index (Phi) is 5.93. The molecule has 6 nitrogen and oxygen atoms in total. The molecule has 3 aromatic rings. The van der Waals surface area contributed by atoms with E-state index in [4.69, 9.17) is 4.74 Å². The van der Waals surface area contributed by atoms with E-state index in [-0.39, 0.29) is 11.4 Å². The van der Waals surface area contributed by atoms with Crippen LogP contribution in [0.5, 0.6) is 11.5 Å². The van der Waals surface area contributed by atoms with Gasteiger partial charge in [0.2, 0.25) is 0 Å². The number of aryl methyl sites for hydroxylation is 1. The van der Waals surface area contributed by atoms with Crippen LogP contribution in [-0.4, -0.2) is 26.2 Å². The van der Waals surface area contributed by atoms with Crippen molar-refractivity contribution in [2.24, 2.45) is 0 Å². The Morgan fingerprint density at radius 1 is 1.03 bits per heavy atom. The number of pyridine rings is 3. The number of alkyl halides is 3.